The molecule has 0 atom stereocenters. The minimum absolute atomic E-state index is 0.159. The van der Waals surface area contributed by atoms with Gasteiger partial charge in [-0.05, 0) is 116 Å². The Labute approximate surface area is 279 Å². The summed E-state index contributed by atoms with van der Waals surface area (Å²) < 4.78 is 0.838. The maximum Gasteiger partial charge on any atom is 0.0986 e. The second kappa shape index (κ2) is 11.1. The largest absolute Gasteiger partial charge is 0.512 e. The van der Waals surface area contributed by atoms with Gasteiger partial charge in [-0.2, -0.15) is 0 Å². The lowest BCUT2D eigenvalue weighted by molar-refractivity contribution is 0.412. The predicted molar refractivity (Wildman–Crippen MR) is 195 cm³/mol. The summed E-state index contributed by atoms with van der Waals surface area (Å²) in [6, 6.07) is 13.0. The van der Waals surface area contributed by atoms with Crippen LogP contribution in [0, 0.1) is 33.1 Å². The van der Waals surface area contributed by atoms with Crippen LogP contribution >= 0.6 is 15.9 Å². The molecule has 0 amide bonds. The van der Waals surface area contributed by atoms with Crippen LogP contribution in [-0.2, 0) is 0 Å². The molecule has 0 aromatic heterocycles. The van der Waals surface area contributed by atoms with E-state index in [1.807, 2.05) is 6.08 Å². The van der Waals surface area contributed by atoms with E-state index in [2.05, 4.69) is 130 Å². The molecule has 0 aliphatic carbocycles. The van der Waals surface area contributed by atoms with Gasteiger partial charge in [0.1, 0.15) is 0 Å². The zero-order valence-corrected chi connectivity index (χ0v) is 28.9. The number of aryl methyl sites for hydroxylation is 4. The first kappa shape index (κ1) is 30.1. The number of aliphatic imine (C=N–C) groups is 3. The highest BCUT2D eigenvalue weighted by molar-refractivity contribution is 9.12. The number of rotatable bonds is 2. The zero-order valence-electron chi connectivity index (χ0n) is 27.3. The Hall–Kier alpha value is -4.55. The van der Waals surface area contributed by atoms with Gasteiger partial charge in [0.25, 0.3) is 0 Å². The summed E-state index contributed by atoms with van der Waals surface area (Å²) >= 11 is 3.91. The molecule has 230 valence electrons. The molecule has 2 aromatic rings. The van der Waals surface area contributed by atoms with E-state index in [-0.39, 0.29) is 11.2 Å². The van der Waals surface area contributed by atoms with Gasteiger partial charge in [-0.1, -0.05) is 61.4 Å². The maximum absolute atomic E-state index is 11.0. The van der Waals surface area contributed by atoms with E-state index in [1.165, 1.54) is 11.1 Å². The first-order valence-corrected chi connectivity index (χ1v) is 16.5. The highest BCUT2D eigenvalue weighted by atomic mass is 79.9. The number of fused-ring (bicyclic) bond motifs is 5. The van der Waals surface area contributed by atoms with Gasteiger partial charge in [0.15, 0.2) is 0 Å². The topological polar surface area (TPSA) is 69.3 Å². The third kappa shape index (κ3) is 5.15. The number of allylic oxidation sites excluding steroid dienone is 13. The van der Waals surface area contributed by atoms with Gasteiger partial charge in [-0.25, -0.2) is 15.0 Å². The second-order valence-corrected chi connectivity index (χ2v) is 14.2. The van der Waals surface area contributed by atoms with Gasteiger partial charge < -0.3 is 10.4 Å². The van der Waals surface area contributed by atoms with Crippen LogP contribution in [0.2, 0.25) is 0 Å². The summed E-state index contributed by atoms with van der Waals surface area (Å²) in [4.78, 5) is 15.7. The van der Waals surface area contributed by atoms with Gasteiger partial charge in [-0.3, -0.25) is 0 Å². The van der Waals surface area contributed by atoms with Crippen LogP contribution in [0.1, 0.15) is 60.6 Å². The fraction of sp³-hybridized carbons (Fsp3) is 0.225. The Bertz CT molecular complexity index is 2070. The molecule has 0 spiro atoms. The lowest BCUT2D eigenvalue weighted by Gasteiger charge is -2.17. The summed E-state index contributed by atoms with van der Waals surface area (Å²) in [6.45, 7) is 14.7. The molecule has 0 radical (unpaired) electrons. The Morgan fingerprint density at radius 3 is 2.20 bits per heavy atom. The first-order valence-electron chi connectivity index (χ1n) is 15.7. The molecule has 2 aromatic carbocycles. The van der Waals surface area contributed by atoms with Crippen LogP contribution in [0.4, 0.5) is 0 Å². The number of hydrogen-bond acceptors (Lipinski definition) is 5. The molecule has 2 N–H and O–H groups in total. The van der Waals surface area contributed by atoms with Crippen LogP contribution in [0.15, 0.2) is 132 Å². The summed E-state index contributed by atoms with van der Waals surface area (Å²) in [7, 11) is 0. The van der Waals surface area contributed by atoms with E-state index in [9.17, 15) is 5.11 Å². The van der Waals surface area contributed by atoms with Crippen LogP contribution < -0.4 is 5.32 Å². The zero-order chi connectivity index (χ0) is 32.5. The smallest absolute Gasteiger partial charge is 0.0986 e. The number of aliphatic hydroxyl groups is 1. The van der Waals surface area contributed by atoms with Crippen molar-refractivity contribution < 1.29 is 5.11 Å². The highest BCUT2D eigenvalue weighted by Gasteiger charge is 2.36. The summed E-state index contributed by atoms with van der Waals surface area (Å²) in [5.74, 6) is 0.216. The number of nitrogens with zero attached hydrogens (tertiary/aromatic N) is 3. The lowest BCUT2D eigenvalue weighted by atomic mass is 9.87. The molecule has 5 aliphatic heterocycles. The Kier molecular flexibility index (Phi) is 7.24. The number of benzene rings is 2. The minimum Gasteiger partial charge on any atom is -0.512 e. The number of hydrogen-bond donors (Lipinski definition) is 2. The fourth-order valence-corrected chi connectivity index (χ4v) is 7.45. The number of nitrogens with one attached hydrogen (secondary N) is 1. The van der Waals surface area contributed by atoms with Crippen molar-refractivity contribution in [2.75, 3.05) is 0 Å². The van der Waals surface area contributed by atoms with Gasteiger partial charge in [-0.15, -0.1) is 0 Å². The van der Waals surface area contributed by atoms with Crippen LogP contribution in [0.3, 0.4) is 0 Å². The lowest BCUT2D eigenvalue weighted by Crippen LogP contribution is -2.15. The second-order valence-electron chi connectivity index (χ2n) is 13.4. The van der Waals surface area contributed by atoms with Gasteiger partial charge in [0.2, 0.25) is 0 Å². The quantitative estimate of drug-likeness (QED) is 0.313. The Balaban J connectivity index is 1.58. The highest BCUT2D eigenvalue weighted by Crippen LogP contribution is 2.45. The third-order valence-electron chi connectivity index (χ3n) is 9.15. The van der Waals surface area contributed by atoms with Crippen molar-refractivity contribution in [3.05, 3.63) is 151 Å². The normalized spacial score (nSPS) is 21.0. The molecule has 5 aliphatic rings. The first-order chi connectivity index (χ1) is 21.9. The summed E-state index contributed by atoms with van der Waals surface area (Å²) in [5, 5.41) is 14.7. The molecule has 8 bridgehead atoms. The minimum atomic E-state index is -0.159. The molecule has 6 heteroatoms. The van der Waals surface area contributed by atoms with Crippen molar-refractivity contribution in [3.8, 4) is 0 Å². The van der Waals surface area contributed by atoms with E-state index < -0.39 is 0 Å². The van der Waals surface area contributed by atoms with Crippen molar-refractivity contribution in [2.45, 2.75) is 54.9 Å². The number of halogens is 1. The third-order valence-corrected chi connectivity index (χ3v) is 10.0. The van der Waals surface area contributed by atoms with Crippen molar-refractivity contribution in [2.24, 2.45) is 20.4 Å². The molecule has 7 rings (SSSR count). The maximum atomic E-state index is 11.0. The molecule has 5 heterocycles. The summed E-state index contributed by atoms with van der Waals surface area (Å²) in [6.07, 6.45) is 13.3. The molecule has 46 heavy (non-hydrogen) atoms. The molecule has 0 saturated carbocycles. The van der Waals surface area contributed by atoms with Gasteiger partial charge >= 0.3 is 0 Å². The van der Waals surface area contributed by atoms with E-state index in [0.29, 0.717) is 11.3 Å². The van der Waals surface area contributed by atoms with E-state index in [4.69, 9.17) is 15.0 Å². The van der Waals surface area contributed by atoms with Gasteiger partial charge in [0, 0.05) is 33.5 Å². The molecule has 0 unspecified atom stereocenters. The SMILES string of the molecule is C/C(O)=C1/C=C2N=C1C(Br)=C1CC(C)(C)C(=CC3=NC(=C(c4ccc(C)cc4)C4=NC(=C2c2c(C)cc(C)cc2C)C=C4)C=C3)N1. The fourth-order valence-electron chi connectivity index (χ4n) is 6.90. The van der Waals surface area contributed by atoms with E-state index >= 15 is 0 Å². The van der Waals surface area contributed by atoms with Crippen LogP contribution in [-0.4, -0.2) is 22.2 Å². The van der Waals surface area contributed by atoms with Crippen molar-refractivity contribution in [1.29, 1.82) is 0 Å². The molecule has 1 fully saturated rings. The number of aliphatic hydroxyl groups excluding tert-OH is 1. The van der Waals surface area contributed by atoms with Crippen LogP contribution in [0.25, 0.3) is 11.1 Å². The molecular formula is C40H37BrN4O. The molecular weight excluding hydrogens is 632 g/mol. The summed E-state index contributed by atoms with van der Waals surface area (Å²) in [5.41, 5.74) is 16.3. The van der Waals surface area contributed by atoms with E-state index in [0.717, 1.165) is 84.2 Å². The Morgan fingerprint density at radius 2 is 1.50 bits per heavy atom. The molecule has 1 saturated heterocycles. The average molecular weight is 670 g/mol. The molecule has 5 nitrogen and oxygen atoms in total. The van der Waals surface area contributed by atoms with Crippen molar-refractivity contribution in [3.63, 3.8) is 0 Å². The van der Waals surface area contributed by atoms with Crippen LogP contribution in [0.5, 0.6) is 0 Å². The monoisotopic (exact) mass is 668 g/mol. The standard InChI is InChI=1S/C40H37BrN4O/c1-21-8-10-26(11-9-21)36-29-13-12-27(42-29)18-34-40(6,7)20-33(44-34)38(41)39-28(25(5)46)19-32(45-39)37(31-15-14-30(36)43-31)35-23(3)16-22(2)17-24(35)4/h8-19,44,46H,20H2,1-7H3/b28-25+,34-18?,36-29?,37-31?,38-33?. The van der Waals surface area contributed by atoms with Crippen molar-refractivity contribution >= 4 is 44.2 Å². The Morgan fingerprint density at radius 1 is 0.826 bits per heavy atom. The predicted octanol–water partition coefficient (Wildman–Crippen LogP) is 9.76. The van der Waals surface area contributed by atoms with E-state index in [1.54, 1.807) is 6.92 Å². The van der Waals surface area contributed by atoms with Gasteiger partial charge in [0.05, 0.1) is 44.5 Å². The average Bonchev–Trinajstić information content (AvgIpc) is 3.79. The van der Waals surface area contributed by atoms with Crippen molar-refractivity contribution in [1.82, 2.24) is 5.32 Å².